The van der Waals surface area contributed by atoms with Crippen LogP contribution in [0.3, 0.4) is 0 Å². The number of para-hydroxylation sites is 1. The molecule has 4 heteroatoms. The average molecular weight is 322 g/mol. The van der Waals surface area contributed by atoms with E-state index in [0.717, 1.165) is 15.8 Å². The largest absolute Gasteiger partial charge is 0.298 e. The molecular weight excluding hydrogens is 304 g/mol. The zero-order valence-electron chi connectivity index (χ0n) is 13.1. The molecule has 0 bridgehead atoms. The molecule has 0 fully saturated rings. The van der Waals surface area contributed by atoms with Crippen LogP contribution in [-0.2, 0) is 4.79 Å². The molecule has 3 nitrogen and oxygen atoms in total. The minimum Gasteiger partial charge on any atom is -0.298 e. The Kier molecular flexibility index (Phi) is 4.53. The lowest BCUT2D eigenvalue weighted by Crippen LogP contribution is -2.07. The highest BCUT2D eigenvalue weighted by Crippen LogP contribution is 2.25. The van der Waals surface area contributed by atoms with E-state index in [-0.39, 0.29) is 5.91 Å². The molecule has 0 spiro atoms. The van der Waals surface area contributed by atoms with Crippen molar-refractivity contribution in [1.82, 2.24) is 4.98 Å². The summed E-state index contributed by atoms with van der Waals surface area (Å²) in [5.41, 5.74) is 3.20. The Morgan fingerprint density at radius 2 is 1.87 bits per heavy atom. The van der Waals surface area contributed by atoms with Gasteiger partial charge in [-0.2, -0.15) is 0 Å². The monoisotopic (exact) mass is 322 g/mol. The Bertz CT molecular complexity index is 814. The van der Waals surface area contributed by atoms with Crippen molar-refractivity contribution in [2.45, 2.75) is 19.8 Å². The lowest BCUT2D eigenvalue weighted by Gasteiger charge is -2.04. The number of rotatable bonds is 4. The number of carbonyl (C=O) groups is 1. The number of nitrogens with zero attached hydrogens (tertiary/aromatic N) is 1. The summed E-state index contributed by atoms with van der Waals surface area (Å²) in [6.07, 6.45) is 3.35. The van der Waals surface area contributed by atoms with E-state index in [4.69, 9.17) is 0 Å². The van der Waals surface area contributed by atoms with Crippen LogP contribution in [0.4, 0.5) is 5.13 Å². The number of nitrogens with one attached hydrogen (secondary N) is 1. The molecule has 2 aromatic carbocycles. The minimum absolute atomic E-state index is 0.169. The maximum atomic E-state index is 12.0. The quantitative estimate of drug-likeness (QED) is 0.681. The summed E-state index contributed by atoms with van der Waals surface area (Å²) in [5, 5.41) is 3.43. The van der Waals surface area contributed by atoms with E-state index < -0.39 is 0 Å². The first-order valence-electron chi connectivity index (χ1n) is 7.56. The minimum atomic E-state index is -0.169. The van der Waals surface area contributed by atoms with Crippen LogP contribution in [-0.4, -0.2) is 10.9 Å². The molecule has 23 heavy (non-hydrogen) atoms. The molecule has 0 radical (unpaired) electrons. The topological polar surface area (TPSA) is 42.0 Å². The highest BCUT2D eigenvalue weighted by molar-refractivity contribution is 7.22. The van der Waals surface area contributed by atoms with Crippen LogP contribution in [0.15, 0.2) is 54.6 Å². The van der Waals surface area contributed by atoms with Gasteiger partial charge in [0.05, 0.1) is 10.2 Å². The number of anilines is 1. The third kappa shape index (κ3) is 3.85. The number of benzene rings is 2. The summed E-state index contributed by atoms with van der Waals surface area (Å²) < 4.78 is 1.07. The average Bonchev–Trinajstić information content (AvgIpc) is 2.95. The highest BCUT2D eigenvalue weighted by Gasteiger charge is 2.05. The second-order valence-electron chi connectivity index (χ2n) is 5.63. The van der Waals surface area contributed by atoms with Crippen molar-refractivity contribution in [2.75, 3.05) is 5.32 Å². The first kappa shape index (κ1) is 15.4. The smallest absolute Gasteiger partial charge is 0.250 e. The normalized spacial score (nSPS) is 11.4. The molecule has 0 aliphatic heterocycles. The predicted octanol–water partition coefficient (Wildman–Crippen LogP) is 5.07. The van der Waals surface area contributed by atoms with E-state index in [0.29, 0.717) is 11.0 Å². The number of fused-ring (bicyclic) bond motifs is 1. The van der Waals surface area contributed by atoms with Gasteiger partial charge in [0, 0.05) is 6.08 Å². The van der Waals surface area contributed by atoms with Gasteiger partial charge in [-0.1, -0.05) is 61.6 Å². The van der Waals surface area contributed by atoms with E-state index in [1.165, 1.54) is 23.0 Å². The second kappa shape index (κ2) is 6.75. The van der Waals surface area contributed by atoms with Gasteiger partial charge in [0.25, 0.3) is 0 Å². The Hall–Kier alpha value is -2.46. The van der Waals surface area contributed by atoms with Gasteiger partial charge in [-0.25, -0.2) is 4.98 Å². The van der Waals surface area contributed by atoms with Gasteiger partial charge in [0.2, 0.25) is 5.91 Å². The van der Waals surface area contributed by atoms with Crippen molar-refractivity contribution in [2.24, 2.45) is 0 Å². The molecule has 1 heterocycles. The molecule has 1 amide bonds. The first-order chi connectivity index (χ1) is 11.1. The number of thiazole rings is 1. The molecule has 0 atom stereocenters. The summed E-state index contributed by atoms with van der Waals surface area (Å²) in [7, 11) is 0. The van der Waals surface area contributed by atoms with Gasteiger partial charge in [-0.15, -0.1) is 0 Å². The van der Waals surface area contributed by atoms with Crippen LogP contribution in [0.5, 0.6) is 0 Å². The summed E-state index contributed by atoms with van der Waals surface area (Å²) in [6, 6.07) is 16.1. The van der Waals surface area contributed by atoms with Gasteiger partial charge in [-0.3, -0.25) is 10.1 Å². The third-order valence-corrected chi connectivity index (χ3v) is 4.51. The molecule has 3 aromatic rings. The van der Waals surface area contributed by atoms with Gasteiger partial charge >= 0.3 is 0 Å². The summed E-state index contributed by atoms with van der Waals surface area (Å²) in [6.45, 7) is 4.33. The van der Waals surface area contributed by atoms with E-state index in [9.17, 15) is 4.79 Å². The Morgan fingerprint density at radius 1 is 1.13 bits per heavy atom. The van der Waals surface area contributed by atoms with Gasteiger partial charge < -0.3 is 0 Å². The number of aromatic nitrogens is 1. The predicted molar refractivity (Wildman–Crippen MR) is 97.8 cm³/mol. The maximum Gasteiger partial charge on any atom is 0.250 e. The van der Waals surface area contributed by atoms with Crippen molar-refractivity contribution < 1.29 is 4.79 Å². The van der Waals surface area contributed by atoms with Gasteiger partial charge in [0.15, 0.2) is 5.13 Å². The van der Waals surface area contributed by atoms with Crippen molar-refractivity contribution in [3.63, 3.8) is 0 Å². The maximum absolute atomic E-state index is 12.0. The fourth-order valence-corrected chi connectivity index (χ4v) is 3.11. The summed E-state index contributed by atoms with van der Waals surface area (Å²) in [4.78, 5) is 16.4. The van der Waals surface area contributed by atoms with Crippen LogP contribution < -0.4 is 5.32 Å². The molecule has 116 valence electrons. The lowest BCUT2D eigenvalue weighted by molar-refractivity contribution is -0.111. The molecule has 0 saturated carbocycles. The van der Waals surface area contributed by atoms with Gasteiger partial charge in [0.1, 0.15) is 0 Å². The van der Waals surface area contributed by atoms with Crippen molar-refractivity contribution >= 4 is 38.7 Å². The van der Waals surface area contributed by atoms with E-state index in [2.05, 4.69) is 36.3 Å². The molecule has 0 unspecified atom stereocenters. The van der Waals surface area contributed by atoms with Gasteiger partial charge in [-0.05, 0) is 35.3 Å². The Balaban J connectivity index is 1.66. The number of carbonyl (C=O) groups excluding carboxylic acids is 1. The highest BCUT2D eigenvalue weighted by atomic mass is 32.1. The number of hydrogen-bond donors (Lipinski definition) is 1. The third-order valence-electron chi connectivity index (χ3n) is 3.55. The molecule has 1 N–H and O–H groups in total. The van der Waals surface area contributed by atoms with Crippen molar-refractivity contribution in [1.29, 1.82) is 0 Å². The molecule has 0 saturated heterocycles. The molecular formula is C19H18N2OS. The van der Waals surface area contributed by atoms with E-state index >= 15 is 0 Å². The van der Waals surface area contributed by atoms with Crippen molar-refractivity contribution in [3.05, 3.63) is 65.7 Å². The summed E-state index contributed by atoms with van der Waals surface area (Å²) >= 11 is 1.48. The Morgan fingerprint density at radius 3 is 2.57 bits per heavy atom. The zero-order chi connectivity index (χ0) is 16.2. The van der Waals surface area contributed by atoms with Crippen molar-refractivity contribution in [3.8, 4) is 0 Å². The van der Waals surface area contributed by atoms with E-state index in [1.807, 2.05) is 42.5 Å². The first-order valence-corrected chi connectivity index (χ1v) is 8.38. The molecule has 1 aromatic heterocycles. The van der Waals surface area contributed by atoms with Crippen LogP contribution in [0.1, 0.15) is 30.9 Å². The molecule has 0 aliphatic carbocycles. The fourth-order valence-electron chi connectivity index (χ4n) is 2.24. The van der Waals surface area contributed by atoms with Crippen LogP contribution in [0, 0.1) is 0 Å². The Labute approximate surface area is 139 Å². The number of amides is 1. The molecule has 0 aliphatic rings. The fraction of sp³-hybridized carbons (Fsp3) is 0.158. The van der Waals surface area contributed by atoms with E-state index in [1.54, 1.807) is 0 Å². The lowest BCUT2D eigenvalue weighted by atomic mass is 10.0. The standard InChI is InChI=1S/C19H18N2OS/c1-13(2)15-10-7-14(8-11-15)9-12-18(22)21-19-20-16-5-3-4-6-17(16)23-19/h3-13H,1-2H3,(H,20,21,22)/b12-9+. The van der Waals surface area contributed by atoms with Crippen LogP contribution in [0.25, 0.3) is 16.3 Å². The van der Waals surface area contributed by atoms with Crippen LogP contribution >= 0.6 is 11.3 Å². The number of hydrogen-bond acceptors (Lipinski definition) is 3. The summed E-state index contributed by atoms with van der Waals surface area (Å²) in [5.74, 6) is 0.340. The molecule has 3 rings (SSSR count). The SMILES string of the molecule is CC(C)c1ccc(/C=C/C(=O)Nc2nc3ccccc3s2)cc1. The second-order valence-corrected chi connectivity index (χ2v) is 6.66. The van der Waals surface area contributed by atoms with Crippen LogP contribution in [0.2, 0.25) is 0 Å². The zero-order valence-corrected chi connectivity index (χ0v) is 13.9.